The minimum Gasteiger partial charge on any atom is -0.490 e. The molecule has 1 aromatic heterocycles. The number of ether oxygens (including phenoxy) is 2. The minimum atomic E-state index is -3.83. The SMILES string of the molecule is CC1c2ccsc2CCN1C(=O)c1ccc(NS(=O)(=O)c2ccc3c(c2)OCCCO3)cc1. The number of anilines is 1. The Balaban J connectivity index is 1.31. The standard InChI is InChI=1S/C24H24N2O5S2/c1-16-20-10-14-32-23(20)9-11-26(16)24(27)17-3-5-18(6-4-17)25-33(28,29)19-7-8-21-22(15-19)31-13-2-12-30-21/h3-8,10,14-16,25H,2,9,11-13H2,1H3. The van der Waals surface area contributed by atoms with E-state index in [0.717, 1.165) is 12.8 Å². The molecule has 0 bridgehead atoms. The fraction of sp³-hybridized carbons (Fsp3) is 0.292. The summed E-state index contributed by atoms with van der Waals surface area (Å²) in [5.74, 6) is 0.897. The number of nitrogens with one attached hydrogen (secondary N) is 1. The predicted octanol–water partition coefficient (Wildman–Crippen LogP) is 4.47. The van der Waals surface area contributed by atoms with Crippen LogP contribution in [-0.2, 0) is 16.4 Å². The number of rotatable bonds is 4. The van der Waals surface area contributed by atoms with Crippen molar-refractivity contribution in [3.05, 3.63) is 69.9 Å². The summed E-state index contributed by atoms with van der Waals surface area (Å²) in [6.07, 6.45) is 1.60. The van der Waals surface area contributed by atoms with Crippen molar-refractivity contribution >= 4 is 33.0 Å². The van der Waals surface area contributed by atoms with Crippen molar-refractivity contribution in [2.75, 3.05) is 24.5 Å². The molecule has 0 radical (unpaired) electrons. The molecule has 3 aromatic rings. The predicted molar refractivity (Wildman–Crippen MR) is 127 cm³/mol. The van der Waals surface area contributed by atoms with E-state index in [4.69, 9.17) is 9.47 Å². The maximum Gasteiger partial charge on any atom is 0.262 e. The highest BCUT2D eigenvalue weighted by Crippen LogP contribution is 2.34. The van der Waals surface area contributed by atoms with Gasteiger partial charge < -0.3 is 14.4 Å². The Kier molecular flexibility index (Phi) is 5.76. The number of hydrogen-bond acceptors (Lipinski definition) is 6. The van der Waals surface area contributed by atoms with Crippen molar-refractivity contribution in [1.82, 2.24) is 4.90 Å². The zero-order chi connectivity index (χ0) is 23.0. The quantitative estimate of drug-likeness (QED) is 0.591. The molecule has 2 aromatic carbocycles. The molecule has 3 heterocycles. The third-order valence-electron chi connectivity index (χ3n) is 5.95. The molecule has 5 rings (SSSR count). The fourth-order valence-electron chi connectivity index (χ4n) is 4.16. The van der Waals surface area contributed by atoms with Crippen LogP contribution in [0, 0.1) is 0 Å². The van der Waals surface area contributed by atoms with Crippen LogP contribution in [-0.4, -0.2) is 39.0 Å². The summed E-state index contributed by atoms with van der Waals surface area (Å²) in [5, 5.41) is 2.07. The lowest BCUT2D eigenvalue weighted by Gasteiger charge is -2.33. The highest BCUT2D eigenvalue weighted by atomic mass is 32.2. The zero-order valence-corrected chi connectivity index (χ0v) is 19.7. The molecule has 7 nitrogen and oxygen atoms in total. The molecule has 1 unspecified atom stereocenters. The van der Waals surface area contributed by atoms with Gasteiger partial charge in [0.2, 0.25) is 0 Å². The molecular formula is C24H24N2O5S2. The average molecular weight is 485 g/mol. The Labute approximate surface area is 197 Å². The average Bonchev–Trinajstić information content (AvgIpc) is 3.17. The van der Waals surface area contributed by atoms with Crippen LogP contribution < -0.4 is 14.2 Å². The third kappa shape index (κ3) is 4.30. The third-order valence-corrected chi connectivity index (χ3v) is 8.33. The van der Waals surface area contributed by atoms with Gasteiger partial charge in [0, 0.05) is 35.2 Å². The second kappa shape index (κ2) is 8.72. The summed E-state index contributed by atoms with van der Waals surface area (Å²) in [6.45, 7) is 3.72. The smallest absolute Gasteiger partial charge is 0.262 e. The van der Waals surface area contributed by atoms with Gasteiger partial charge in [-0.1, -0.05) is 0 Å². The number of carbonyl (C=O) groups excluding carboxylic acids is 1. The summed E-state index contributed by atoms with van der Waals surface area (Å²) >= 11 is 1.73. The van der Waals surface area contributed by atoms with Crippen molar-refractivity contribution in [3.8, 4) is 11.5 Å². The Morgan fingerprint density at radius 2 is 1.82 bits per heavy atom. The number of nitrogens with zero attached hydrogens (tertiary/aromatic N) is 1. The molecule has 0 fully saturated rings. The Bertz CT molecular complexity index is 1280. The second-order valence-corrected chi connectivity index (χ2v) is 10.7. The van der Waals surface area contributed by atoms with Crippen molar-refractivity contribution in [3.63, 3.8) is 0 Å². The fourth-order valence-corrected chi connectivity index (χ4v) is 6.19. The van der Waals surface area contributed by atoms with E-state index in [1.54, 1.807) is 41.7 Å². The van der Waals surface area contributed by atoms with Gasteiger partial charge in [0.05, 0.1) is 24.2 Å². The first-order valence-electron chi connectivity index (χ1n) is 10.8. The molecule has 1 atom stereocenters. The molecule has 2 aliphatic rings. The molecule has 33 heavy (non-hydrogen) atoms. The molecule has 0 saturated heterocycles. The van der Waals surface area contributed by atoms with Gasteiger partial charge >= 0.3 is 0 Å². The summed E-state index contributed by atoms with van der Waals surface area (Å²) < 4.78 is 39.5. The monoisotopic (exact) mass is 484 g/mol. The lowest BCUT2D eigenvalue weighted by atomic mass is 10.0. The van der Waals surface area contributed by atoms with Crippen LogP contribution in [0.15, 0.2) is 58.8 Å². The van der Waals surface area contributed by atoms with Gasteiger partial charge in [0.15, 0.2) is 11.5 Å². The van der Waals surface area contributed by atoms with Gasteiger partial charge in [-0.3, -0.25) is 9.52 Å². The van der Waals surface area contributed by atoms with Crippen LogP contribution in [0.5, 0.6) is 11.5 Å². The number of carbonyl (C=O) groups is 1. The van der Waals surface area contributed by atoms with Crippen molar-refractivity contribution in [2.24, 2.45) is 0 Å². The first-order chi connectivity index (χ1) is 15.9. The molecule has 1 N–H and O–H groups in total. The largest absolute Gasteiger partial charge is 0.490 e. The molecule has 0 saturated carbocycles. The van der Waals surface area contributed by atoms with Gasteiger partial charge in [0.1, 0.15) is 0 Å². The van der Waals surface area contributed by atoms with Crippen LogP contribution >= 0.6 is 11.3 Å². The second-order valence-electron chi connectivity index (χ2n) is 8.07. The highest BCUT2D eigenvalue weighted by molar-refractivity contribution is 7.92. The lowest BCUT2D eigenvalue weighted by Crippen LogP contribution is -2.38. The van der Waals surface area contributed by atoms with E-state index in [2.05, 4.69) is 16.2 Å². The number of fused-ring (bicyclic) bond motifs is 2. The summed E-state index contributed by atoms with van der Waals surface area (Å²) in [4.78, 5) is 16.4. The molecular weight excluding hydrogens is 460 g/mol. The zero-order valence-electron chi connectivity index (χ0n) is 18.1. The number of hydrogen-bond donors (Lipinski definition) is 1. The molecule has 0 aliphatic carbocycles. The number of thiophene rings is 1. The summed E-state index contributed by atoms with van der Waals surface area (Å²) in [5.41, 5.74) is 2.11. The molecule has 1 amide bonds. The van der Waals surface area contributed by atoms with Gasteiger partial charge in [-0.2, -0.15) is 0 Å². The van der Waals surface area contributed by atoms with Crippen molar-refractivity contribution < 1.29 is 22.7 Å². The summed E-state index contributed by atoms with van der Waals surface area (Å²) in [6, 6.07) is 13.2. The van der Waals surface area contributed by atoms with E-state index in [9.17, 15) is 13.2 Å². The Morgan fingerprint density at radius 3 is 2.61 bits per heavy atom. The van der Waals surface area contributed by atoms with E-state index in [1.165, 1.54) is 22.6 Å². The molecule has 9 heteroatoms. The van der Waals surface area contributed by atoms with E-state index in [-0.39, 0.29) is 16.8 Å². The lowest BCUT2D eigenvalue weighted by molar-refractivity contribution is 0.0679. The Morgan fingerprint density at radius 1 is 1.06 bits per heavy atom. The number of amides is 1. The van der Waals surface area contributed by atoms with Gasteiger partial charge in [-0.05, 0) is 66.8 Å². The van der Waals surface area contributed by atoms with Crippen LogP contribution in [0.25, 0.3) is 0 Å². The Hall–Kier alpha value is -3.04. The number of sulfonamides is 1. The van der Waals surface area contributed by atoms with Crippen molar-refractivity contribution in [2.45, 2.75) is 30.7 Å². The van der Waals surface area contributed by atoms with E-state index in [0.29, 0.717) is 42.5 Å². The maximum atomic E-state index is 13.1. The van der Waals surface area contributed by atoms with Crippen molar-refractivity contribution in [1.29, 1.82) is 0 Å². The first-order valence-corrected chi connectivity index (χ1v) is 13.2. The minimum absolute atomic E-state index is 0.0186. The first kappa shape index (κ1) is 21.8. The normalized spacial score (nSPS) is 17.7. The topological polar surface area (TPSA) is 84.9 Å². The maximum absolute atomic E-state index is 13.1. The van der Waals surface area contributed by atoms with Gasteiger partial charge in [-0.25, -0.2) is 8.42 Å². The summed E-state index contributed by atoms with van der Waals surface area (Å²) in [7, 11) is -3.83. The van der Waals surface area contributed by atoms with Crippen LogP contribution in [0.4, 0.5) is 5.69 Å². The van der Waals surface area contributed by atoms with E-state index in [1.807, 2.05) is 11.8 Å². The molecule has 172 valence electrons. The van der Waals surface area contributed by atoms with Crippen LogP contribution in [0.1, 0.15) is 40.2 Å². The van der Waals surface area contributed by atoms with E-state index >= 15 is 0 Å². The molecule has 0 spiro atoms. The van der Waals surface area contributed by atoms with Gasteiger partial charge in [-0.15, -0.1) is 11.3 Å². The highest BCUT2D eigenvalue weighted by Gasteiger charge is 2.29. The van der Waals surface area contributed by atoms with Gasteiger partial charge in [0.25, 0.3) is 15.9 Å². The molecule has 2 aliphatic heterocycles. The van der Waals surface area contributed by atoms with Crippen LogP contribution in [0.2, 0.25) is 0 Å². The van der Waals surface area contributed by atoms with Crippen LogP contribution in [0.3, 0.4) is 0 Å². The number of benzene rings is 2. The van der Waals surface area contributed by atoms with E-state index < -0.39 is 10.0 Å².